The largest absolute Gasteiger partial charge is 0.478 e. The lowest BCUT2D eigenvalue weighted by molar-refractivity contribution is 0.0692. The molecule has 19 heavy (non-hydrogen) atoms. The molecular weight excluding hydrogens is 264 g/mol. The molecule has 0 fully saturated rings. The quantitative estimate of drug-likeness (QED) is 0.668. The molecule has 2 nitrogen and oxygen atoms in total. The molecule has 2 aromatic rings. The molecule has 6 heteroatoms. The van der Waals surface area contributed by atoms with Crippen molar-refractivity contribution in [2.45, 2.75) is 0 Å². The molecule has 0 radical (unpaired) electrons. The van der Waals surface area contributed by atoms with Crippen LogP contribution >= 0.6 is 0 Å². The number of aromatic carboxylic acids is 1. The minimum Gasteiger partial charge on any atom is -0.478 e. The van der Waals surface area contributed by atoms with Gasteiger partial charge in [0.05, 0.1) is 5.56 Å². The maximum absolute atomic E-state index is 13.9. The summed E-state index contributed by atoms with van der Waals surface area (Å²) in [5.41, 5.74) is -1.67. The smallest absolute Gasteiger partial charge is 0.338 e. The lowest BCUT2D eigenvalue weighted by Crippen LogP contribution is -2.03. The maximum Gasteiger partial charge on any atom is 0.338 e. The van der Waals surface area contributed by atoms with Crippen molar-refractivity contribution >= 4 is 5.97 Å². The zero-order valence-electron chi connectivity index (χ0n) is 9.25. The molecule has 0 aliphatic heterocycles. The van der Waals surface area contributed by atoms with Gasteiger partial charge in [-0.1, -0.05) is 12.1 Å². The number of benzene rings is 2. The van der Waals surface area contributed by atoms with Crippen LogP contribution in [0.1, 0.15) is 10.4 Å². The molecule has 0 bridgehead atoms. The van der Waals surface area contributed by atoms with Crippen molar-refractivity contribution in [3.63, 3.8) is 0 Å². The van der Waals surface area contributed by atoms with Crippen molar-refractivity contribution in [2.75, 3.05) is 0 Å². The Hall–Kier alpha value is -2.37. The van der Waals surface area contributed by atoms with Gasteiger partial charge in [0.15, 0.2) is 17.5 Å². The van der Waals surface area contributed by atoms with Crippen LogP contribution in [0.4, 0.5) is 17.6 Å². The molecule has 0 aliphatic rings. The van der Waals surface area contributed by atoms with Crippen LogP contribution in [0.25, 0.3) is 11.1 Å². The van der Waals surface area contributed by atoms with Crippen molar-refractivity contribution in [1.29, 1.82) is 0 Å². The van der Waals surface area contributed by atoms with Gasteiger partial charge in [-0.25, -0.2) is 22.4 Å². The second-order valence-corrected chi connectivity index (χ2v) is 3.70. The molecule has 2 rings (SSSR count). The maximum atomic E-state index is 13.9. The second kappa shape index (κ2) is 4.72. The van der Waals surface area contributed by atoms with Crippen molar-refractivity contribution in [1.82, 2.24) is 0 Å². The van der Waals surface area contributed by atoms with Crippen molar-refractivity contribution in [3.05, 3.63) is 59.2 Å². The van der Waals surface area contributed by atoms with Gasteiger partial charge in [-0.2, -0.15) is 0 Å². The first-order valence-corrected chi connectivity index (χ1v) is 5.09. The molecule has 0 spiro atoms. The summed E-state index contributed by atoms with van der Waals surface area (Å²) < 4.78 is 53.2. The highest BCUT2D eigenvalue weighted by molar-refractivity contribution is 5.90. The van der Waals surface area contributed by atoms with Gasteiger partial charge in [0.1, 0.15) is 5.82 Å². The monoisotopic (exact) mass is 270 g/mol. The Morgan fingerprint density at radius 1 is 0.842 bits per heavy atom. The van der Waals surface area contributed by atoms with Crippen LogP contribution in [0.3, 0.4) is 0 Å². The summed E-state index contributed by atoms with van der Waals surface area (Å²) in [7, 11) is 0. The zero-order chi connectivity index (χ0) is 14.2. The Kier molecular flexibility index (Phi) is 3.25. The van der Waals surface area contributed by atoms with E-state index in [2.05, 4.69) is 0 Å². The second-order valence-electron chi connectivity index (χ2n) is 3.70. The molecule has 0 saturated carbocycles. The summed E-state index contributed by atoms with van der Waals surface area (Å²) in [6.45, 7) is 0. The third-order valence-corrected chi connectivity index (χ3v) is 2.55. The predicted octanol–water partition coefficient (Wildman–Crippen LogP) is 3.61. The van der Waals surface area contributed by atoms with E-state index < -0.39 is 45.9 Å². The van der Waals surface area contributed by atoms with E-state index >= 15 is 0 Å². The number of hydrogen-bond donors (Lipinski definition) is 1. The Labute approximate surface area is 104 Å². The normalized spacial score (nSPS) is 10.5. The van der Waals surface area contributed by atoms with Crippen molar-refractivity contribution in [2.24, 2.45) is 0 Å². The molecule has 0 amide bonds. The van der Waals surface area contributed by atoms with E-state index in [-0.39, 0.29) is 0 Å². The van der Waals surface area contributed by atoms with Gasteiger partial charge in [-0.3, -0.25) is 0 Å². The van der Waals surface area contributed by atoms with Gasteiger partial charge in [-0.05, 0) is 18.2 Å². The Morgan fingerprint density at radius 2 is 1.47 bits per heavy atom. The van der Waals surface area contributed by atoms with Crippen LogP contribution < -0.4 is 0 Å². The van der Waals surface area contributed by atoms with Crippen LogP contribution in [0.15, 0.2) is 30.3 Å². The lowest BCUT2D eigenvalue weighted by Gasteiger charge is -2.08. The van der Waals surface area contributed by atoms with E-state index in [1.807, 2.05) is 0 Å². The molecular formula is C13H6F4O2. The van der Waals surface area contributed by atoms with Gasteiger partial charge in [0.25, 0.3) is 0 Å². The molecule has 0 heterocycles. The fourth-order valence-electron chi connectivity index (χ4n) is 1.64. The van der Waals surface area contributed by atoms with Crippen LogP contribution in [-0.2, 0) is 0 Å². The zero-order valence-corrected chi connectivity index (χ0v) is 9.25. The molecule has 0 atom stereocenters. The first kappa shape index (κ1) is 13.1. The third kappa shape index (κ3) is 2.16. The van der Waals surface area contributed by atoms with E-state index in [0.717, 1.165) is 18.2 Å². The summed E-state index contributed by atoms with van der Waals surface area (Å²) in [4.78, 5) is 10.7. The highest BCUT2D eigenvalue weighted by Gasteiger charge is 2.20. The van der Waals surface area contributed by atoms with Crippen LogP contribution in [0.2, 0.25) is 0 Å². The molecule has 0 saturated heterocycles. The van der Waals surface area contributed by atoms with Gasteiger partial charge >= 0.3 is 5.97 Å². The average Bonchev–Trinajstić information content (AvgIpc) is 2.37. The van der Waals surface area contributed by atoms with E-state index in [4.69, 9.17) is 5.11 Å². The predicted molar refractivity (Wildman–Crippen MR) is 58.7 cm³/mol. The molecule has 98 valence electrons. The van der Waals surface area contributed by atoms with E-state index in [1.54, 1.807) is 0 Å². The van der Waals surface area contributed by atoms with Gasteiger partial charge in [0, 0.05) is 11.1 Å². The van der Waals surface area contributed by atoms with Crippen LogP contribution in [-0.4, -0.2) is 11.1 Å². The SMILES string of the molecule is O=C(O)c1cccc(-c2ccc(F)c(F)c2F)c1F. The summed E-state index contributed by atoms with van der Waals surface area (Å²) in [5, 5.41) is 8.74. The molecule has 2 aromatic carbocycles. The van der Waals surface area contributed by atoms with Gasteiger partial charge < -0.3 is 5.11 Å². The van der Waals surface area contributed by atoms with E-state index in [0.29, 0.717) is 6.07 Å². The third-order valence-electron chi connectivity index (χ3n) is 2.55. The first-order valence-electron chi connectivity index (χ1n) is 5.09. The number of carboxylic acid groups (broad SMARTS) is 1. The Bertz CT molecular complexity index is 668. The molecule has 1 N–H and O–H groups in total. The fraction of sp³-hybridized carbons (Fsp3) is 0. The summed E-state index contributed by atoms with van der Waals surface area (Å²) >= 11 is 0. The van der Waals surface area contributed by atoms with E-state index in [9.17, 15) is 22.4 Å². The number of carbonyl (C=O) groups is 1. The number of hydrogen-bond acceptors (Lipinski definition) is 1. The molecule has 0 aliphatic carbocycles. The topological polar surface area (TPSA) is 37.3 Å². The Morgan fingerprint density at radius 3 is 2.11 bits per heavy atom. The number of rotatable bonds is 2. The minimum atomic E-state index is -1.74. The molecule has 0 aromatic heterocycles. The highest BCUT2D eigenvalue weighted by atomic mass is 19.2. The number of halogens is 4. The minimum absolute atomic E-state index is 0.448. The summed E-state index contributed by atoms with van der Waals surface area (Å²) in [6, 6.07) is 4.73. The summed E-state index contributed by atoms with van der Waals surface area (Å²) in [6.07, 6.45) is 0. The van der Waals surface area contributed by atoms with Gasteiger partial charge in [-0.15, -0.1) is 0 Å². The standard InChI is InChI=1S/C13H6F4O2/c14-9-5-4-7(11(16)12(9)17)6-2-1-3-8(10(6)15)13(18)19/h1-5H,(H,18,19). The Balaban J connectivity index is 2.70. The fourth-order valence-corrected chi connectivity index (χ4v) is 1.64. The number of carboxylic acids is 1. The van der Waals surface area contributed by atoms with Gasteiger partial charge in [0.2, 0.25) is 0 Å². The van der Waals surface area contributed by atoms with Crippen LogP contribution in [0.5, 0.6) is 0 Å². The van der Waals surface area contributed by atoms with Crippen molar-refractivity contribution < 1.29 is 27.5 Å². The first-order chi connectivity index (χ1) is 8.93. The lowest BCUT2D eigenvalue weighted by atomic mass is 10.0. The molecule has 0 unspecified atom stereocenters. The summed E-state index contributed by atoms with van der Waals surface area (Å²) in [5.74, 6) is -7.46. The van der Waals surface area contributed by atoms with Crippen LogP contribution in [0, 0.1) is 23.3 Å². The average molecular weight is 270 g/mol. The highest BCUT2D eigenvalue weighted by Crippen LogP contribution is 2.29. The van der Waals surface area contributed by atoms with E-state index in [1.165, 1.54) is 6.07 Å². The van der Waals surface area contributed by atoms with Crippen molar-refractivity contribution in [3.8, 4) is 11.1 Å².